The molecule has 0 aliphatic rings. The number of hydrogen-bond donors (Lipinski definition) is 3. The van der Waals surface area contributed by atoms with Crippen LogP contribution in [0.3, 0.4) is 0 Å². The molecule has 0 spiro atoms. The third-order valence-corrected chi connectivity index (χ3v) is 3.27. The van der Waals surface area contributed by atoms with Crippen LogP contribution in [0.5, 0.6) is 0 Å². The molecule has 2 aromatic heterocycles. The molecule has 0 saturated carbocycles. The van der Waals surface area contributed by atoms with Gasteiger partial charge in [0.2, 0.25) is 0 Å². The molecule has 0 radical (unpaired) electrons. The van der Waals surface area contributed by atoms with E-state index in [0.717, 1.165) is 34.5 Å². The van der Waals surface area contributed by atoms with Crippen LogP contribution in [0.25, 0.3) is 0 Å². The van der Waals surface area contributed by atoms with Crippen LogP contribution < -0.4 is 15.5 Å². The Balaban J connectivity index is 2.14. The predicted octanol–water partition coefficient (Wildman–Crippen LogP) is 2.00. The molecular weight excluding hydrogens is 262 g/mol. The first-order valence-corrected chi connectivity index (χ1v) is 6.93. The Morgan fingerprint density at radius 2 is 2.11 bits per heavy atom. The minimum Gasteiger partial charge on any atom is -0.373 e. The van der Waals surface area contributed by atoms with Gasteiger partial charge in [-0.25, -0.2) is 9.97 Å². The zero-order valence-electron chi connectivity index (χ0n) is 11.2. The van der Waals surface area contributed by atoms with Gasteiger partial charge in [-0.3, -0.25) is 4.79 Å². The number of rotatable bonds is 5. The number of thiazole rings is 1. The Labute approximate surface area is 115 Å². The van der Waals surface area contributed by atoms with E-state index >= 15 is 0 Å². The van der Waals surface area contributed by atoms with Gasteiger partial charge < -0.3 is 15.6 Å². The molecule has 0 aliphatic carbocycles. The summed E-state index contributed by atoms with van der Waals surface area (Å²) >= 11 is 1.16. The fourth-order valence-electron chi connectivity index (χ4n) is 1.53. The van der Waals surface area contributed by atoms with Crippen molar-refractivity contribution in [3.8, 4) is 0 Å². The van der Waals surface area contributed by atoms with E-state index < -0.39 is 0 Å². The summed E-state index contributed by atoms with van der Waals surface area (Å²) in [5.74, 6) is 2.57. The molecule has 7 heteroatoms. The second kappa shape index (κ2) is 5.83. The smallest absolute Gasteiger partial charge is 0.304 e. The number of aromatic nitrogens is 3. The van der Waals surface area contributed by atoms with Gasteiger partial charge in [-0.15, -0.1) is 0 Å². The zero-order chi connectivity index (χ0) is 13.8. The number of H-pyrrole nitrogens is 1. The van der Waals surface area contributed by atoms with Crippen molar-refractivity contribution in [3.05, 3.63) is 32.6 Å². The van der Waals surface area contributed by atoms with E-state index in [1.807, 2.05) is 13.1 Å². The Morgan fingerprint density at radius 3 is 2.68 bits per heavy atom. The van der Waals surface area contributed by atoms with Crippen LogP contribution in [0.15, 0.2) is 16.2 Å². The Kier molecular flexibility index (Phi) is 4.16. The molecule has 0 bridgehead atoms. The number of nitrogens with zero attached hydrogens (tertiary/aromatic N) is 2. The molecule has 0 atom stereocenters. The summed E-state index contributed by atoms with van der Waals surface area (Å²) in [5.41, 5.74) is 0.853. The Hall–Kier alpha value is -1.89. The average molecular weight is 279 g/mol. The zero-order valence-corrected chi connectivity index (χ0v) is 12.0. The van der Waals surface area contributed by atoms with Crippen LogP contribution in [0, 0.1) is 0 Å². The summed E-state index contributed by atoms with van der Waals surface area (Å²) in [5, 5.41) is 8.01. The largest absolute Gasteiger partial charge is 0.373 e. The monoisotopic (exact) mass is 279 g/mol. The number of nitrogens with one attached hydrogen (secondary N) is 3. The second-order valence-corrected chi connectivity index (χ2v) is 5.27. The first-order valence-electron chi connectivity index (χ1n) is 6.05. The van der Waals surface area contributed by atoms with Gasteiger partial charge in [0.15, 0.2) is 0 Å². The van der Waals surface area contributed by atoms with Crippen molar-refractivity contribution in [2.75, 3.05) is 17.7 Å². The van der Waals surface area contributed by atoms with Crippen molar-refractivity contribution in [1.29, 1.82) is 0 Å². The molecule has 0 saturated heterocycles. The highest BCUT2D eigenvalue weighted by Gasteiger charge is 2.07. The van der Waals surface area contributed by atoms with Gasteiger partial charge in [-0.05, 0) is 0 Å². The second-order valence-electron chi connectivity index (χ2n) is 4.43. The van der Waals surface area contributed by atoms with Crippen LogP contribution >= 0.6 is 11.3 Å². The van der Waals surface area contributed by atoms with E-state index in [4.69, 9.17) is 0 Å². The molecule has 3 N–H and O–H groups in total. The molecule has 2 aromatic rings. The van der Waals surface area contributed by atoms with Crippen LogP contribution in [0.2, 0.25) is 0 Å². The first kappa shape index (κ1) is 13.5. The van der Waals surface area contributed by atoms with Crippen LogP contribution in [-0.2, 0) is 6.54 Å². The van der Waals surface area contributed by atoms with Gasteiger partial charge in [0, 0.05) is 30.1 Å². The van der Waals surface area contributed by atoms with Crippen LogP contribution in [0.1, 0.15) is 31.3 Å². The maximum absolute atomic E-state index is 11.0. The van der Waals surface area contributed by atoms with E-state index in [1.54, 1.807) is 5.38 Å². The number of hydrogen-bond acceptors (Lipinski definition) is 6. The lowest BCUT2D eigenvalue weighted by molar-refractivity contribution is 0.775. The average Bonchev–Trinajstić information content (AvgIpc) is 2.81. The number of aromatic amines is 1. The van der Waals surface area contributed by atoms with E-state index in [9.17, 15) is 4.79 Å². The van der Waals surface area contributed by atoms with Crippen molar-refractivity contribution in [1.82, 2.24) is 15.0 Å². The van der Waals surface area contributed by atoms with Gasteiger partial charge in [-0.2, -0.15) is 0 Å². The molecule has 0 aromatic carbocycles. The van der Waals surface area contributed by atoms with Crippen molar-refractivity contribution >= 4 is 23.0 Å². The molecule has 2 heterocycles. The number of anilines is 2. The molecule has 0 aliphatic heterocycles. The summed E-state index contributed by atoms with van der Waals surface area (Å²) in [6.45, 7) is 4.64. The maximum atomic E-state index is 11.0. The highest BCUT2D eigenvalue weighted by Crippen LogP contribution is 2.17. The lowest BCUT2D eigenvalue weighted by Gasteiger charge is -2.10. The molecule has 19 heavy (non-hydrogen) atoms. The topological polar surface area (TPSA) is 82.7 Å². The summed E-state index contributed by atoms with van der Waals surface area (Å²) < 4.78 is 0. The molecular formula is C12H17N5OS. The minimum atomic E-state index is -0.0433. The van der Waals surface area contributed by atoms with Gasteiger partial charge in [0.05, 0.1) is 6.54 Å². The van der Waals surface area contributed by atoms with Gasteiger partial charge in [0.1, 0.15) is 17.5 Å². The van der Waals surface area contributed by atoms with Crippen molar-refractivity contribution in [3.63, 3.8) is 0 Å². The van der Waals surface area contributed by atoms with E-state index in [1.165, 1.54) is 0 Å². The molecule has 2 rings (SSSR count). The first-order chi connectivity index (χ1) is 9.08. The van der Waals surface area contributed by atoms with Crippen LogP contribution in [0.4, 0.5) is 11.6 Å². The normalized spacial score (nSPS) is 10.7. The van der Waals surface area contributed by atoms with Crippen molar-refractivity contribution in [2.45, 2.75) is 26.3 Å². The summed E-state index contributed by atoms with van der Waals surface area (Å²) in [4.78, 5) is 22.6. The fourth-order valence-corrected chi connectivity index (χ4v) is 2.11. The molecule has 0 fully saturated rings. The fraction of sp³-hybridized carbons (Fsp3) is 0.417. The van der Waals surface area contributed by atoms with Gasteiger partial charge >= 0.3 is 4.87 Å². The maximum Gasteiger partial charge on any atom is 0.304 e. The minimum absolute atomic E-state index is 0.0433. The van der Waals surface area contributed by atoms with E-state index in [2.05, 4.69) is 39.4 Å². The van der Waals surface area contributed by atoms with Gasteiger partial charge in [-0.1, -0.05) is 25.2 Å². The highest BCUT2D eigenvalue weighted by atomic mass is 32.1. The van der Waals surface area contributed by atoms with E-state index in [-0.39, 0.29) is 10.8 Å². The molecule has 0 amide bonds. The third kappa shape index (κ3) is 3.54. The SMILES string of the molecule is CNc1cc(NCc2csc(=O)[nH]2)nc(C(C)C)n1. The van der Waals surface area contributed by atoms with E-state index in [0.29, 0.717) is 6.54 Å². The lowest BCUT2D eigenvalue weighted by atomic mass is 10.2. The third-order valence-electron chi connectivity index (χ3n) is 2.55. The summed E-state index contributed by atoms with van der Waals surface area (Å²) in [7, 11) is 1.83. The van der Waals surface area contributed by atoms with Crippen molar-refractivity contribution < 1.29 is 0 Å². The summed E-state index contributed by atoms with van der Waals surface area (Å²) in [6, 6.07) is 1.84. The summed E-state index contributed by atoms with van der Waals surface area (Å²) in [6.07, 6.45) is 0. The quantitative estimate of drug-likeness (QED) is 0.780. The Bertz CT molecular complexity index is 604. The molecule has 102 valence electrons. The van der Waals surface area contributed by atoms with Crippen LogP contribution in [-0.4, -0.2) is 22.0 Å². The lowest BCUT2D eigenvalue weighted by Crippen LogP contribution is -2.08. The highest BCUT2D eigenvalue weighted by molar-refractivity contribution is 7.07. The standard InChI is InChI=1S/C12H17N5OS/c1-7(2)11-16-9(13-3)4-10(17-11)14-5-8-6-19-12(18)15-8/h4,6-7H,5H2,1-3H3,(H,15,18)(H2,13,14,16,17). The Morgan fingerprint density at radius 1 is 1.37 bits per heavy atom. The van der Waals surface area contributed by atoms with Gasteiger partial charge in [0.25, 0.3) is 0 Å². The predicted molar refractivity (Wildman–Crippen MR) is 77.9 cm³/mol. The molecule has 6 nitrogen and oxygen atoms in total. The molecule has 0 unspecified atom stereocenters. The van der Waals surface area contributed by atoms with Crippen molar-refractivity contribution in [2.24, 2.45) is 0 Å².